The Hall–Kier alpha value is -2.29. The van der Waals surface area contributed by atoms with Crippen molar-refractivity contribution < 1.29 is 4.79 Å². The molecular formula is C25H36IN5O. The molecule has 0 radical (unpaired) electrons. The van der Waals surface area contributed by atoms with Gasteiger partial charge >= 0.3 is 0 Å². The Kier molecular flexibility index (Phi) is 10.3. The quantitative estimate of drug-likeness (QED) is 0.277. The van der Waals surface area contributed by atoms with Gasteiger partial charge in [0, 0.05) is 50.0 Å². The molecular weight excluding hydrogens is 513 g/mol. The number of rotatable bonds is 7. The molecule has 6 nitrogen and oxygen atoms in total. The minimum absolute atomic E-state index is 0. The maximum atomic E-state index is 12.4. The monoisotopic (exact) mass is 549 g/mol. The molecule has 174 valence electrons. The molecule has 1 heterocycles. The van der Waals surface area contributed by atoms with Crippen molar-refractivity contribution in [2.75, 3.05) is 25.0 Å². The number of aryl methyl sites for hydroxylation is 1. The Morgan fingerprint density at radius 1 is 1.22 bits per heavy atom. The van der Waals surface area contributed by atoms with Gasteiger partial charge in [-0.1, -0.05) is 36.8 Å². The van der Waals surface area contributed by atoms with E-state index in [-0.39, 0.29) is 35.9 Å². The lowest BCUT2D eigenvalue weighted by Gasteiger charge is -2.20. The van der Waals surface area contributed by atoms with Crippen molar-refractivity contribution in [2.45, 2.75) is 52.2 Å². The first-order valence-corrected chi connectivity index (χ1v) is 11.2. The third-order valence-electron chi connectivity index (χ3n) is 5.79. The Morgan fingerprint density at radius 2 is 1.97 bits per heavy atom. The van der Waals surface area contributed by atoms with E-state index < -0.39 is 0 Å². The number of aliphatic imine (C=N–C) groups is 1. The summed E-state index contributed by atoms with van der Waals surface area (Å²) < 4.78 is 0. The summed E-state index contributed by atoms with van der Waals surface area (Å²) in [6, 6.07) is 17.0. The fraction of sp³-hybridized carbons (Fsp3) is 0.440. The van der Waals surface area contributed by atoms with E-state index >= 15 is 0 Å². The van der Waals surface area contributed by atoms with Gasteiger partial charge in [0.05, 0.1) is 0 Å². The van der Waals surface area contributed by atoms with E-state index in [1.54, 1.807) is 7.05 Å². The van der Waals surface area contributed by atoms with Crippen LogP contribution >= 0.6 is 24.0 Å². The molecule has 1 fully saturated rings. The topological polar surface area (TPSA) is 68.8 Å². The van der Waals surface area contributed by atoms with Gasteiger partial charge in [-0.25, -0.2) is 0 Å². The number of carbonyl (C=O) groups excluding carboxylic acids is 1. The molecule has 2 aromatic rings. The fourth-order valence-corrected chi connectivity index (χ4v) is 3.67. The van der Waals surface area contributed by atoms with Gasteiger partial charge in [0.25, 0.3) is 5.91 Å². The second-order valence-corrected chi connectivity index (χ2v) is 8.32. The standard InChI is InChI=1S/C25H35N5O.HI/c1-5-19(3)28-24(31)21-8-6-7-20(15-21)16-27-25(26-4)29-22-13-14-30(17-22)23-11-9-18(2)10-12-23;/h6-12,15,19,22H,5,13-14,16-17H2,1-4H3,(H,28,31)(H2,26,27,29);1H. The van der Waals surface area contributed by atoms with Crippen LogP contribution in [0, 0.1) is 6.92 Å². The van der Waals surface area contributed by atoms with Gasteiger partial charge in [0.1, 0.15) is 0 Å². The van der Waals surface area contributed by atoms with E-state index in [0.29, 0.717) is 18.2 Å². The van der Waals surface area contributed by atoms with Crippen molar-refractivity contribution in [3.63, 3.8) is 0 Å². The molecule has 1 aliphatic rings. The first-order chi connectivity index (χ1) is 15.0. The van der Waals surface area contributed by atoms with Gasteiger partial charge in [-0.2, -0.15) is 0 Å². The van der Waals surface area contributed by atoms with Crippen LogP contribution in [0.25, 0.3) is 0 Å². The highest BCUT2D eigenvalue weighted by Crippen LogP contribution is 2.20. The molecule has 1 aliphatic heterocycles. The second-order valence-electron chi connectivity index (χ2n) is 8.32. The highest BCUT2D eigenvalue weighted by Gasteiger charge is 2.23. The number of hydrogen-bond donors (Lipinski definition) is 3. The summed E-state index contributed by atoms with van der Waals surface area (Å²) >= 11 is 0. The zero-order valence-electron chi connectivity index (χ0n) is 19.5. The summed E-state index contributed by atoms with van der Waals surface area (Å²) in [6.07, 6.45) is 1.98. The van der Waals surface area contributed by atoms with Crippen LogP contribution in [0.2, 0.25) is 0 Å². The van der Waals surface area contributed by atoms with Crippen LogP contribution in [0.15, 0.2) is 53.5 Å². The molecule has 0 aromatic heterocycles. The zero-order valence-corrected chi connectivity index (χ0v) is 21.9. The normalized spacial score (nSPS) is 16.8. The average molecular weight is 550 g/mol. The summed E-state index contributed by atoms with van der Waals surface area (Å²) in [4.78, 5) is 19.2. The first kappa shape index (κ1) is 26.0. The molecule has 3 N–H and O–H groups in total. The molecule has 2 unspecified atom stereocenters. The summed E-state index contributed by atoms with van der Waals surface area (Å²) in [5, 5.41) is 9.94. The third-order valence-corrected chi connectivity index (χ3v) is 5.79. The third kappa shape index (κ3) is 7.39. The number of hydrogen-bond acceptors (Lipinski definition) is 3. The van der Waals surface area contributed by atoms with Gasteiger partial charge in [-0.15, -0.1) is 24.0 Å². The molecule has 0 spiro atoms. The SMILES string of the molecule is CCC(C)NC(=O)c1cccc(CNC(=NC)NC2CCN(c3ccc(C)cc3)C2)c1.I. The van der Waals surface area contributed by atoms with Crippen LogP contribution < -0.4 is 20.9 Å². The lowest BCUT2D eigenvalue weighted by molar-refractivity contribution is 0.0939. The van der Waals surface area contributed by atoms with Crippen molar-refractivity contribution in [1.82, 2.24) is 16.0 Å². The number of guanidine groups is 1. The molecule has 1 amide bonds. The number of halogens is 1. The maximum absolute atomic E-state index is 12.4. The van der Waals surface area contributed by atoms with E-state index in [1.165, 1.54) is 11.3 Å². The maximum Gasteiger partial charge on any atom is 0.251 e. The summed E-state index contributed by atoms with van der Waals surface area (Å²) in [5.74, 6) is 0.756. The predicted molar refractivity (Wildman–Crippen MR) is 144 cm³/mol. The van der Waals surface area contributed by atoms with Crippen molar-refractivity contribution in [3.8, 4) is 0 Å². The lowest BCUT2D eigenvalue weighted by Crippen LogP contribution is -2.44. The number of carbonyl (C=O) groups is 1. The molecule has 0 saturated carbocycles. The van der Waals surface area contributed by atoms with Gasteiger partial charge in [0.2, 0.25) is 0 Å². The van der Waals surface area contributed by atoms with E-state index in [2.05, 4.69) is 64.0 Å². The van der Waals surface area contributed by atoms with Crippen LogP contribution in [0.4, 0.5) is 5.69 Å². The summed E-state index contributed by atoms with van der Waals surface area (Å²) in [7, 11) is 1.79. The summed E-state index contributed by atoms with van der Waals surface area (Å²) in [5.41, 5.74) is 4.29. The van der Waals surface area contributed by atoms with Crippen molar-refractivity contribution in [1.29, 1.82) is 0 Å². The smallest absolute Gasteiger partial charge is 0.251 e. The van der Waals surface area contributed by atoms with Crippen molar-refractivity contribution in [2.24, 2.45) is 4.99 Å². The minimum Gasteiger partial charge on any atom is -0.369 e. The number of benzene rings is 2. The van der Waals surface area contributed by atoms with Crippen LogP contribution in [-0.4, -0.2) is 44.1 Å². The van der Waals surface area contributed by atoms with Crippen molar-refractivity contribution >= 4 is 41.5 Å². The number of nitrogens with one attached hydrogen (secondary N) is 3. The highest BCUT2D eigenvalue weighted by atomic mass is 127. The Labute approximate surface area is 209 Å². The largest absolute Gasteiger partial charge is 0.369 e. The first-order valence-electron chi connectivity index (χ1n) is 11.2. The van der Waals surface area contributed by atoms with E-state index in [1.807, 2.05) is 31.2 Å². The lowest BCUT2D eigenvalue weighted by atomic mass is 10.1. The van der Waals surface area contributed by atoms with Crippen molar-refractivity contribution in [3.05, 3.63) is 65.2 Å². The average Bonchev–Trinajstić information content (AvgIpc) is 3.25. The van der Waals surface area contributed by atoms with Gasteiger partial charge in [-0.05, 0) is 56.5 Å². The summed E-state index contributed by atoms with van der Waals surface area (Å²) in [6.45, 7) is 8.79. The number of anilines is 1. The number of nitrogens with zero attached hydrogens (tertiary/aromatic N) is 2. The molecule has 1 saturated heterocycles. The Balaban J connectivity index is 0.00000363. The molecule has 3 rings (SSSR count). The minimum atomic E-state index is -0.0270. The fourth-order valence-electron chi connectivity index (χ4n) is 3.67. The zero-order chi connectivity index (χ0) is 22.2. The second kappa shape index (κ2) is 12.7. The molecule has 2 aromatic carbocycles. The Morgan fingerprint density at radius 3 is 2.66 bits per heavy atom. The van der Waals surface area contributed by atoms with E-state index in [0.717, 1.165) is 37.5 Å². The molecule has 0 bridgehead atoms. The molecule has 0 aliphatic carbocycles. The van der Waals surface area contributed by atoms with Crippen LogP contribution in [-0.2, 0) is 6.54 Å². The van der Waals surface area contributed by atoms with Gasteiger partial charge < -0.3 is 20.9 Å². The molecule has 7 heteroatoms. The van der Waals surface area contributed by atoms with Gasteiger partial charge in [0.15, 0.2) is 5.96 Å². The number of amides is 1. The van der Waals surface area contributed by atoms with Crippen LogP contribution in [0.1, 0.15) is 48.2 Å². The van der Waals surface area contributed by atoms with Crippen LogP contribution in [0.5, 0.6) is 0 Å². The Bertz CT molecular complexity index is 899. The highest BCUT2D eigenvalue weighted by molar-refractivity contribution is 14.0. The predicted octanol–water partition coefficient (Wildman–Crippen LogP) is 4.09. The van der Waals surface area contributed by atoms with E-state index in [4.69, 9.17) is 0 Å². The van der Waals surface area contributed by atoms with Crippen LogP contribution in [0.3, 0.4) is 0 Å². The molecule has 2 atom stereocenters. The van der Waals surface area contributed by atoms with Gasteiger partial charge in [-0.3, -0.25) is 9.79 Å². The molecule has 32 heavy (non-hydrogen) atoms. The van der Waals surface area contributed by atoms with E-state index in [9.17, 15) is 4.79 Å².